The Labute approximate surface area is 122 Å². The summed E-state index contributed by atoms with van der Waals surface area (Å²) in [5, 5.41) is 16.5. The summed E-state index contributed by atoms with van der Waals surface area (Å²) in [4.78, 5) is 13.7. The quantitative estimate of drug-likeness (QED) is 0.857. The van der Waals surface area contributed by atoms with Crippen molar-refractivity contribution in [3.05, 3.63) is 39.3 Å². The first-order valence-electron chi connectivity index (χ1n) is 6.50. The zero-order valence-corrected chi connectivity index (χ0v) is 12.7. The van der Waals surface area contributed by atoms with Gasteiger partial charge in [-0.05, 0) is 32.4 Å². The van der Waals surface area contributed by atoms with Crippen LogP contribution in [0.1, 0.15) is 32.7 Å². The van der Waals surface area contributed by atoms with Gasteiger partial charge in [0, 0.05) is 29.4 Å². The summed E-state index contributed by atoms with van der Waals surface area (Å²) in [5.74, 6) is -0.934. The molecule has 0 aromatic carbocycles. The summed E-state index contributed by atoms with van der Waals surface area (Å²) in [7, 11) is 1.76. The molecule has 0 aliphatic heterocycles. The highest BCUT2D eigenvalue weighted by molar-refractivity contribution is 7.11. The normalized spacial score (nSPS) is 12.6. The minimum absolute atomic E-state index is 0.263. The molecule has 0 aliphatic carbocycles. The Bertz CT molecular complexity index is 603. The second kappa shape index (κ2) is 6.19. The van der Waals surface area contributed by atoms with Gasteiger partial charge in [-0.1, -0.05) is 0 Å². The highest BCUT2D eigenvalue weighted by Crippen LogP contribution is 2.17. The monoisotopic (exact) mass is 293 g/mol. The van der Waals surface area contributed by atoms with E-state index in [9.17, 15) is 4.79 Å². The fourth-order valence-corrected chi connectivity index (χ4v) is 3.11. The molecule has 0 radical (unpaired) electrons. The van der Waals surface area contributed by atoms with Crippen molar-refractivity contribution >= 4 is 17.3 Å². The molecule has 0 spiro atoms. The van der Waals surface area contributed by atoms with Gasteiger partial charge in [0.1, 0.15) is 5.56 Å². The topological polar surface area (TPSA) is 67.2 Å². The molecule has 0 aliphatic rings. The number of rotatable bonds is 6. The molecule has 2 aromatic rings. The van der Waals surface area contributed by atoms with Gasteiger partial charge in [0.15, 0.2) is 0 Å². The van der Waals surface area contributed by atoms with Gasteiger partial charge >= 0.3 is 5.97 Å². The lowest BCUT2D eigenvalue weighted by molar-refractivity contribution is 0.0695. The number of nitrogens with one attached hydrogen (secondary N) is 1. The number of hydrogen-bond donors (Lipinski definition) is 2. The molecule has 2 aromatic heterocycles. The summed E-state index contributed by atoms with van der Waals surface area (Å²) in [6.45, 7) is 4.70. The smallest absolute Gasteiger partial charge is 0.339 e. The maximum absolute atomic E-state index is 11.1. The van der Waals surface area contributed by atoms with Crippen LogP contribution in [-0.2, 0) is 20.0 Å². The van der Waals surface area contributed by atoms with Crippen LogP contribution < -0.4 is 5.32 Å². The number of aromatic nitrogens is 2. The Morgan fingerprint density at radius 3 is 2.90 bits per heavy atom. The van der Waals surface area contributed by atoms with Gasteiger partial charge in [0.25, 0.3) is 0 Å². The van der Waals surface area contributed by atoms with Crippen LogP contribution >= 0.6 is 11.3 Å². The predicted molar refractivity (Wildman–Crippen MR) is 79.2 cm³/mol. The molecule has 0 amide bonds. The Morgan fingerprint density at radius 2 is 2.30 bits per heavy atom. The van der Waals surface area contributed by atoms with Crippen LogP contribution in [0.2, 0.25) is 0 Å². The molecule has 6 heteroatoms. The van der Waals surface area contributed by atoms with Gasteiger partial charge in [-0.2, -0.15) is 5.10 Å². The average molecular weight is 293 g/mol. The van der Waals surface area contributed by atoms with E-state index in [-0.39, 0.29) is 11.6 Å². The number of aromatic carboxylic acids is 1. The molecular weight excluding hydrogens is 274 g/mol. The summed E-state index contributed by atoms with van der Waals surface area (Å²) in [6, 6.07) is 4.55. The van der Waals surface area contributed by atoms with Crippen molar-refractivity contribution in [3.8, 4) is 0 Å². The van der Waals surface area contributed by atoms with Gasteiger partial charge < -0.3 is 10.4 Å². The molecular formula is C14H19N3O2S. The molecule has 0 saturated heterocycles. The lowest BCUT2D eigenvalue weighted by Gasteiger charge is -2.13. The Balaban J connectivity index is 1.95. The Kier molecular flexibility index (Phi) is 4.57. The van der Waals surface area contributed by atoms with E-state index < -0.39 is 5.97 Å². The minimum Gasteiger partial charge on any atom is -0.478 e. The van der Waals surface area contributed by atoms with E-state index in [1.54, 1.807) is 23.1 Å². The average Bonchev–Trinajstić information content (AvgIpc) is 2.93. The fourth-order valence-electron chi connectivity index (χ4n) is 2.09. The molecule has 1 unspecified atom stereocenters. The number of carboxylic acids is 1. The van der Waals surface area contributed by atoms with Crippen LogP contribution in [0.4, 0.5) is 0 Å². The van der Waals surface area contributed by atoms with Crippen LogP contribution in [0.15, 0.2) is 18.3 Å². The van der Waals surface area contributed by atoms with Gasteiger partial charge in [-0.15, -0.1) is 11.3 Å². The first-order valence-corrected chi connectivity index (χ1v) is 7.32. The lowest BCUT2D eigenvalue weighted by Crippen LogP contribution is -2.29. The van der Waals surface area contributed by atoms with E-state index in [0.717, 1.165) is 6.42 Å². The minimum atomic E-state index is -0.934. The molecule has 20 heavy (non-hydrogen) atoms. The van der Waals surface area contributed by atoms with Gasteiger partial charge in [-0.3, -0.25) is 4.68 Å². The van der Waals surface area contributed by atoms with E-state index in [2.05, 4.69) is 36.4 Å². The van der Waals surface area contributed by atoms with Crippen molar-refractivity contribution in [3.63, 3.8) is 0 Å². The highest BCUT2D eigenvalue weighted by Gasteiger charge is 2.15. The van der Waals surface area contributed by atoms with Gasteiger partial charge in [-0.25, -0.2) is 4.79 Å². The molecule has 5 nitrogen and oxygen atoms in total. The van der Waals surface area contributed by atoms with Crippen LogP contribution in [0, 0.1) is 6.92 Å². The van der Waals surface area contributed by atoms with Gasteiger partial charge in [0.05, 0.1) is 11.9 Å². The summed E-state index contributed by atoms with van der Waals surface area (Å²) < 4.78 is 1.61. The number of thiophene rings is 1. The maximum atomic E-state index is 11.1. The van der Waals surface area contributed by atoms with E-state index in [0.29, 0.717) is 12.2 Å². The number of hydrogen-bond acceptors (Lipinski definition) is 4. The Morgan fingerprint density at radius 1 is 1.55 bits per heavy atom. The molecule has 0 saturated carbocycles. The maximum Gasteiger partial charge on any atom is 0.339 e. The summed E-state index contributed by atoms with van der Waals surface area (Å²) >= 11 is 1.80. The molecule has 2 N–H and O–H groups in total. The number of carbonyl (C=O) groups is 1. The zero-order chi connectivity index (χ0) is 14.7. The second-order valence-electron chi connectivity index (χ2n) is 4.93. The fraction of sp³-hybridized carbons (Fsp3) is 0.429. The van der Waals surface area contributed by atoms with E-state index >= 15 is 0 Å². The molecule has 1 atom stereocenters. The molecule has 2 heterocycles. The molecule has 0 bridgehead atoms. The van der Waals surface area contributed by atoms with Crippen molar-refractivity contribution < 1.29 is 9.90 Å². The van der Waals surface area contributed by atoms with E-state index in [1.807, 2.05) is 0 Å². The van der Waals surface area contributed by atoms with Crippen molar-refractivity contribution in [2.45, 2.75) is 32.9 Å². The first-order chi connectivity index (χ1) is 9.47. The van der Waals surface area contributed by atoms with Gasteiger partial charge in [0.2, 0.25) is 0 Å². The molecule has 2 rings (SSSR count). The Hall–Kier alpha value is -1.66. The van der Waals surface area contributed by atoms with Crippen molar-refractivity contribution in [1.82, 2.24) is 15.1 Å². The third-order valence-corrected chi connectivity index (χ3v) is 4.24. The second-order valence-corrected chi connectivity index (χ2v) is 6.30. The predicted octanol–water partition coefficient (Wildman–Crippen LogP) is 2.21. The summed E-state index contributed by atoms with van der Waals surface area (Å²) in [5.41, 5.74) is 0.964. The van der Waals surface area contributed by atoms with Crippen molar-refractivity contribution in [1.29, 1.82) is 0 Å². The van der Waals surface area contributed by atoms with E-state index in [1.165, 1.54) is 16.0 Å². The molecule has 108 valence electrons. The number of carboxylic acid groups (broad SMARTS) is 1. The van der Waals surface area contributed by atoms with Crippen LogP contribution in [0.25, 0.3) is 0 Å². The van der Waals surface area contributed by atoms with Crippen LogP contribution in [0.3, 0.4) is 0 Å². The zero-order valence-electron chi connectivity index (χ0n) is 11.9. The lowest BCUT2D eigenvalue weighted by atomic mass is 10.2. The number of aryl methyl sites for hydroxylation is 2. The summed E-state index contributed by atoms with van der Waals surface area (Å²) in [6.07, 6.45) is 2.34. The first kappa shape index (κ1) is 14.7. The number of nitrogens with zero attached hydrogens (tertiary/aromatic N) is 2. The third kappa shape index (κ3) is 3.46. The highest BCUT2D eigenvalue weighted by atomic mass is 32.1. The van der Waals surface area contributed by atoms with Crippen molar-refractivity contribution in [2.24, 2.45) is 7.05 Å². The third-order valence-electron chi connectivity index (χ3n) is 3.21. The van der Waals surface area contributed by atoms with Crippen molar-refractivity contribution in [2.75, 3.05) is 0 Å². The van der Waals surface area contributed by atoms with Crippen LogP contribution in [0.5, 0.6) is 0 Å². The van der Waals surface area contributed by atoms with E-state index in [4.69, 9.17) is 5.11 Å². The molecule has 0 fully saturated rings. The SMILES string of the molecule is Cc1ccc(CC(C)NCc2c(C(=O)O)cnn2C)s1. The van der Waals surface area contributed by atoms with Crippen LogP contribution in [-0.4, -0.2) is 26.9 Å². The standard InChI is InChI=1S/C14H19N3O2S/c1-9(6-11-5-4-10(2)20-11)15-8-13-12(14(18)19)7-16-17(13)3/h4-5,7,9,15H,6,8H2,1-3H3,(H,18,19). The largest absolute Gasteiger partial charge is 0.478 e.